The van der Waals surface area contributed by atoms with Gasteiger partial charge < -0.3 is 9.67 Å². The number of imidazole rings is 1. The third-order valence-electron chi connectivity index (χ3n) is 3.03. The SMILES string of the molecule is Cn1ccc(-c2nc3cc(Cl)c(Cl)cc3n2CC(=O)O)n1. The molecule has 3 rings (SSSR count). The lowest BCUT2D eigenvalue weighted by atomic mass is 10.3. The van der Waals surface area contributed by atoms with Crippen LogP contribution >= 0.6 is 23.2 Å². The molecule has 0 spiro atoms. The number of carbonyl (C=O) groups is 1. The number of hydrogen-bond acceptors (Lipinski definition) is 3. The van der Waals surface area contributed by atoms with Gasteiger partial charge in [-0.25, -0.2) is 4.98 Å². The van der Waals surface area contributed by atoms with Gasteiger partial charge >= 0.3 is 5.97 Å². The van der Waals surface area contributed by atoms with Gasteiger partial charge in [-0.2, -0.15) is 5.10 Å². The van der Waals surface area contributed by atoms with Crippen molar-refractivity contribution in [3.8, 4) is 11.5 Å². The molecule has 1 N–H and O–H groups in total. The third-order valence-corrected chi connectivity index (χ3v) is 3.75. The molecule has 0 bridgehead atoms. The Morgan fingerprint density at radius 2 is 2.05 bits per heavy atom. The van der Waals surface area contributed by atoms with Crippen molar-refractivity contribution in [2.24, 2.45) is 7.05 Å². The van der Waals surface area contributed by atoms with Crippen LogP contribution in [0, 0.1) is 0 Å². The molecule has 21 heavy (non-hydrogen) atoms. The molecular weight excluding hydrogens is 315 g/mol. The number of carboxylic acids is 1. The largest absolute Gasteiger partial charge is 0.480 e. The Labute approximate surface area is 129 Å². The highest BCUT2D eigenvalue weighted by Gasteiger charge is 2.18. The minimum atomic E-state index is -0.974. The average molecular weight is 325 g/mol. The molecule has 0 aliphatic rings. The Kier molecular flexibility index (Phi) is 3.35. The molecule has 0 unspecified atom stereocenters. The summed E-state index contributed by atoms with van der Waals surface area (Å²) in [4.78, 5) is 15.5. The quantitative estimate of drug-likeness (QED) is 0.804. The minimum Gasteiger partial charge on any atom is -0.480 e. The number of aromatic nitrogens is 4. The van der Waals surface area contributed by atoms with Gasteiger partial charge in [-0.15, -0.1) is 0 Å². The van der Waals surface area contributed by atoms with Crippen molar-refractivity contribution in [1.29, 1.82) is 0 Å². The van der Waals surface area contributed by atoms with Crippen LogP contribution in [0.2, 0.25) is 10.0 Å². The molecule has 0 atom stereocenters. The number of benzene rings is 1. The predicted molar refractivity (Wildman–Crippen MR) is 79.6 cm³/mol. The summed E-state index contributed by atoms with van der Waals surface area (Å²) in [5.74, 6) is -0.510. The first kappa shape index (κ1) is 13.9. The van der Waals surface area contributed by atoms with E-state index in [0.717, 1.165) is 0 Å². The van der Waals surface area contributed by atoms with Gasteiger partial charge in [0, 0.05) is 13.2 Å². The highest BCUT2D eigenvalue weighted by atomic mass is 35.5. The van der Waals surface area contributed by atoms with E-state index in [4.69, 9.17) is 28.3 Å². The number of rotatable bonds is 3. The zero-order valence-corrected chi connectivity index (χ0v) is 12.4. The summed E-state index contributed by atoms with van der Waals surface area (Å²) in [7, 11) is 1.78. The van der Waals surface area contributed by atoms with Crippen LogP contribution in [-0.2, 0) is 18.4 Å². The van der Waals surface area contributed by atoms with Gasteiger partial charge in [0.15, 0.2) is 5.82 Å². The van der Waals surface area contributed by atoms with Crippen molar-refractivity contribution in [1.82, 2.24) is 19.3 Å². The second kappa shape index (κ2) is 5.05. The third kappa shape index (κ3) is 2.48. The molecule has 2 aromatic heterocycles. The normalized spacial score (nSPS) is 11.2. The maximum Gasteiger partial charge on any atom is 0.323 e. The molecule has 0 aliphatic carbocycles. The first-order valence-corrected chi connectivity index (χ1v) is 6.78. The summed E-state index contributed by atoms with van der Waals surface area (Å²) >= 11 is 12.0. The monoisotopic (exact) mass is 324 g/mol. The number of nitrogens with zero attached hydrogens (tertiary/aromatic N) is 4. The lowest BCUT2D eigenvalue weighted by Gasteiger charge is -2.04. The summed E-state index contributed by atoms with van der Waals surface area (Å²) in [6, 6.07) is 4.99. The molecule has 1 aromatic carbocycles. The Morgan fingerprint density at radius 1 is 1.33 bits per heavy atom. The summed E-state index contributed by atoms with van der Waals surface area (Å²) in [6.07, 6.45) is 1.76. The molecule has 3 aromatic rings. The molecule has 0 saturated heterocycles. The van der Waals surface area contributed by atoms with E-state index in [1.165, 1.54) is 0 Å². The zero-order chi connectivity index (χ0) is 15.1. The van der Waals surface area contributed by atoms with Gasteiger partial charge in [0.05, 0.1) is 21.1 Å². The Hall–Kier alpha value is -2.05. The first-order chi connectivity index (χ1) is 9.95. The number of fused-ring (bicyclic) bond motifs is 1. The molecule has 0 amide bonds. The first-order valence-electron chi connectivity index (χ1n) is 6.03. The molecule has 0 aliphatic heterocycles. The molecule has 0 saturated carbocycles. The molecule has 0 fully saturated rings. The highest BCUT2D eigenvalue weighted by Crippen LogP contribution is 2.30. The van der Waals surface area contributed by atoms with E-state index in [-0.39, 0.29) is 6.54 Å². The summed E-state index contributed by atoms with van der Waals surface area (Å²) in [5.41, 5.74) is 1.76. The Balaban J connectivity index is 2.29. The number of aliphatic carboxylic acids is 1. The van der Waals surface area contributed by atoms with Crippen molar-refractivity contribution in [2.75, 3.05) is 0 Å². The van der Waals surface area contributed by atoms with E-state index in [1.54, 1.807) is 40.7 Å². The fourth-order valence-electron chi connectivity index (χ4n) is 2.15. The van der Waals surface area contributed by atoms with Crippen molar-refractivity contribution in [2.45, 2.75) is 6.54 Å². The van der Waals surface area contributed by atoms with Crippen LogP contribution in [0.25, 0.3) is 22.6 Å². The zero-order valence-electron chi connectivity index (χ0n) is 10.9. The van der Waals surface area contributed by atoms with Crippen molar-refractivity contribution in [3.63, 3.8) is 0 Å². The van der Waals surface area contributed by atoms with E-state index in [1.807, 2.05) is 0 Å². The number of hydrogen-bond donors (Lipinski definition) is 1. The van der Waals surface area contributed by atoms with Gasteiger partial charge in [-0.05, 0) is 18.2 Å². The predicted octanol–water partition coefficient (Wildman–Crippen LogP) is 2.83. The number of halogens is 2. The van der Waals surface area contributed by atoms with Crippen LogP contribution in [0.3, 0.4) is 0 Å². The second-order valence-electron chi connectivity index (χ2n) is 4.54. The fourth-order valence-corrected chi connectivity index (χ4v) is 2.46. The van der Waals surface area contributed by atoms with E-state index >= 15 is 0 Å². The van der Waals surface area contributed by atoms with E-state index < -0.39 is 5.97 Å². The number of carboxylic acid groups (broad SMARTS) is 1. The molecule has 108 valence electrons. The minimum absolute atomic E-state index is 0.236. The van der Waals surface area contributed by atoms with Gasteiger partial charge in [0.2, 0.25) is 0 Å². The van der Waals surface area contributed by atoms with Crippen LogP contribution in [0.1, 0.15) is 0 Å². The van der Waals surface area contributed by atoms with E-state index in [9.17, 15) is 4.79 Å². The second-order valence-corrected chi connectivity index (χ2v) is 5.36. The standard InChI is InChI=1S/C13H10Cl2N4O2/c1-18-3-2-9(17-18)13-16-10-4-7(14)8(15)5-11(10)19(13)6-12(20)21/h2-5H,6H2,1H3,(H,20,21). The van der Waals surface area contributed by atoms with Gasteiger partial charge in [0.25, 0.3) is 0 Å². The van der Waals surface area contributed by atoms with Crippen LogP contribution in [-0.4, -0.2) is 30.4 Å². The maximum absolute atomic E-state index is 11.1. The van der Waals surface area contributed by atoms with Gasteiger partial charge in [-0.3, -0.25) is 9.48 Å². The van der Waals surface area contributed by atoms with E-state index in [2.05, 4.69) is 10.1 Å². The smallest absolute Gasteiger partial charge is 0.323 e. The van der Waals surface area contributed by atoms with Gasteiger partial charge in [0.1, 0.15) is 12.2 Å². The number of aryl methyl sites for hydroxylation is 1. The van der Waals surface area contributed by atoms with Crippen LogP contribution < -0.4 is 0 Å². The van der Waals surface area contributed by atoms with Crippen LogP contribution in [0.4, 0.5) is 0 Å². The topological polar surface area (TPSA) is 72.9 Å². The molecule has 2 heterocycles. The van der Waals surface area contributed by atoms with Crippen LogP contribution in [0.15, 0.2) is 24.4 Å². The van der Waals surface area contributed by atoms with Gasteiger partial charge in [-0.1, -0.05) is 23.2 Å². The Bertz CT molecular complexity index is 853. The summed E-state index contributed by atoms with van der Waals surface area (Å²) < 4.78 is 3.18. The van der Waals surface area contributed by atoms with Crippen molar-refractivity contribution >= 4 is 40.2 Å². The molecule has 8 heteroatoms. The summed E-state index contributed by atoms with van der Waals surface area (Å²) in [5, 5.41) is 14.1. The average Bonchev–Trinajstić information content (AvgIpc) is 2.95. The lowest BCUT2D eigenvalue weighted by molar-refractivity contribution is -0.137. The van der Waals surface area contributed by atoms with Crippen LogP contribution in [0.5, 0.6) is 0 Å². The fraction of sp³-hybridized carbons (Fsp3) is 0.154. The Morgan fingerprint density at radius 3 is 2.67 bits per heavy atom. The van der Waals surface area contributed by atoms with Crippen molar-refractivity contribution in [3.05, 3.63) is 34.4 Å². The molecule has 6 nitrogen and oxygen atoms in total. The van der Waals surface area contributed by atoms with E-state index in [0.29, 0.717) is 32.6 Å². The highest BCUT2D eigenvalue weighted by molar-refractivity contribution is 6.42. The van der Waals surface area contributed by atoms with Crippen molar-refractivity contribution < 1.29 is 9.90 Å². The summed E-state index contributed by atoms with van der Waals surface area (Å²) in [6.45, 7) is -0.236. The lowest BCUT2D eigenvalue weighted by Crippen LogP contribution is -2.10. The molecular formula is C13H10Cl2N4O2. The molecule has 0 radical (unpaired) electrons. The maximum atomic E-state index is 11.1.